The van der Waals surface area contributed by atoms with Gasteiger partial charge in [-0.1, -0.05) is 6.42 Å². The molecular weight excluding hydrogens is 322 g/mol. The summed E-state index contributed by atoms with van der Waals surface area (Å²) in [7, 11) is 4.69. The van der Waals surface area contributed by atoms with Crippen molar-refractivity contribution in [3.05, 3.63) is 17.7 Å². The van der Waals surface area contributed by atoms with Crippen molar-refractivity contribution < 1.29 is 19.0 Å². The Hall–Kier alpha value is -2.28. The van der Waals surface area contributed by atoms with E-state index in [2.05, 4.69) is 15.4 Å². The molecule has 0 radical (unpaired) electrons. The lowest BCUT2D eigenvalue weighted by Gasteiger charge is -2.25. The standard InChI is InChI=1S/C18H27N3O4/c1-23-14-11-16(24-2)15(17(12-14)25-3)13-19-20-18(22)7-10-21-8-5-4-6-9-21/h11-13H,4-10H2,1-3H3,(H,20,22)/b19-13+. The maximum absolute atomic E-state index is 12.0. The summed E-state index contributed by atoms with van der Waals surface area (Å²) in [6.07, 6.45) is 5.69. The molecule has 1 amide bonds. The van der Waals surface area contributed by atoms with Crippen molar-refractivity contribution in [2.24, 2.45) is 5.10 Å². The van der Waals surface area contributed by atoms with Gasteiger partial charge in [0.2, 0.25) is 5.91 Å². The number of likely N-dealkylation sites (tertiary alicyclic amines) is 1. The first kappa shape index (κ1) is 19.1. The molecule has 7 heteroatoms. The van der Waals surface area contributed by atoms with Crippen molar-refractivity contribution >= 4 is 12.1 Å². The molecule has 138 valence electrons. The number of carbonyl (C=O) groups is 1. The van der Waals surface area contributed by atoms with Crippen LogP contribution in [0.3, 0.4) is 0 Å². The van der Waals surface area contributed by atoms with Crippen LogP contribution in [0, 0.1) is 0 Å². The molecule has 2 rings (SSSR count). The molecule has 1 aliphatic rings. The molecule has 1 N–H and O–H groups in total. The summed E-state index contributed by atoms with van der Waals surface area (Å²) in [4.78, 5) is 14.3. The van der Waals surface area contributed by atoms with Crippen LogP contribution in [0.15, 0.2) is 17.2 Å². The first-order valence-corrected chi connectivity index (χ1v) is 8.52. The van der Waals surface area contributed by atoms with E-state index in [0.717, 1.165) is 19.6 Å². The zero-order chi connectivity index (χ0) is 18.1. The van der Waals surface area contributed by atoms with Gasteiger partial charge in [0.15, 0.2) is 0 Å². The van der Waals surface area contributed by atoms with E-state index in [4.69, 9.17) is 14.2 Å². The van der Waals surface area contributed by atoms with Gasteiger partial charge in [-0.05, 0) is 25.9 Å². The van der Waals surface area contributed by atoms with E-state index in [1.807, 2.05) is 0 Å². The van der Waals surface area contributed by atoms with Gasteiger partial charge >= 0.3 is 0 Å². The Balaban J connectivity index is 1.93. The molecule has 0 atom stereocenters. The highest BCUT2D eigenvalue weighted by atomic mass is 16.5. The lowest BCUT2D eigenvalue weighted by molar-refractivity contribution is -0.121. The summed E-state index contributed by atoms with van der Waals surface area (Å²) in [6.45, 7) is 2.93. The van der Waals surface area contributed by atoms with Crippen LogP contribution in [-0.2, 0) is 4.79 Å². The molecule has 1 aromatic carbocycles. The van der Waals surface area contributed by atoms with Gasteiger partial charge in [0.25, 0.3) is 0 Å². The van der Waals surface area contributed by atoms with Crippen molar-refractivity contribution in [3.8, 4) is 17.2 Å². The molecule has 0 unspecified atom stereocenters. The number of nitrogens with one attached hydrogen (secondary N) is 1. The van der Waals surface area contributed by atoms with Crippen LogP contribution in [0.1, 0.15) is 31.2 Å². The number of ether oxygens (including phenoxy) is 3. The number of hydrogen-bond donors (Lipinski definition) is 1. The second kappa shape index (κ2) is 9.88. The van der Waals surface area contributed by atoms with Crippen LogP contribution in [0.2, 0.25) is 0 Å². The summed E-state index contributed by atoms with van der Waals surface area (Å²) in [5.74, 6) is 1.63. The quantitative estimate of drug-likeness (QED) is 0.574. The summed E-state index contributed by atoms with van der Waals surface area (Å²) in [5.41, 5.74) is 3.20. The van der Waals surface area contributed by atoms with Gasteiger partial charge in [0.1, 0.15) is 17.2 Å². The van der Waals surface area contributed by atoms with Crippen LogP contribution >= 0.6 is 0 Å². The summed E-state index contributed by atoms with van der Waals surface area (Å²) in [6, 6.07) is 3.48. The molecule has 0 spiro atoms. The number of rotatable bonds is 8. The zero-order valence-electron chi connectivity index (χ0n) is 15.2. The van der Waals surface area contributed by atoms with Gasteiger partial charge in [-0.15, -0.1) is 0 Å². The molecule has 1 saturated heterocycles. The monoisotopic (exact) mass is 349 g/mol. The first-order valence-electron chi connectivity index (χ1n) is 8.52. The summed E-state index contributed by atoms with van der Waals surface area (Å²) < 4.78 is 15.9. The van der Waals surface area contributed by atoms with E-state index in [1.165, 1.54) is 25.5 Å². The van der Waals surface area contributed by atoms with Gasteiger partial charge in [0.05, 0.1) is 33.1 Å². The molecule has 1 fully saturated rings. The number of hydrazone groups is 1. The molecule has 25 heavy (non-hydrogen) atoms. The Morgan fingerprint density at radius 2 is 1.76 bits per heavy atom. The maximum atomic E-state index is 12.0. The second-order valence-corrected chi connectivity index (χ2v) is 5.89. The molecule has 0 aromatic heterocycles. The van der Waals surface area contributed by atoms with Crippen molar-refractivity contribution in [3.63, 3.8) is 0 Å². The number of methoxy groups -OCH3 is 3. The third-order valence-corrected chi connectivity index (χ3v) is 4.24. The number of amides is 1. The number of hydrogen-bond acceptors (Lipinski definition) is 6. The van der Waals surface area contributed by atoms with Crippen molar-refractivity contribution in [2.75, 3.05) is 41.0 Å². The Morgan fingerprint density at radius 3 is 2.32 bits per heavy atom. The molecule has 0 aliphatic carbocycles. The highest BCUT2D eigenvalue weighted by molar-refractivity contribution is 5.89. The third kappa shape index (κ3) is 5.63. The first-order chi connectivity index (χ1) is 12.2. The van der Waals surface area contributed by atoms with Crippen LogP contribution < -0.4 is 19.6 Å². The predicted molar refractivity (Wildman–Crippen MR) is 96.7 cm³/mol. The van der Waals surface area contributed by atoms with Gasteiger partial charge in [-0.25, -0.2) is 5.43 Å². The van der Waals surface area contributed by atoms with E-state index in [-0.39, 0.29) is 5.91 Å². The van der Waals surface area contributed by atoms with Crippen molar-refractivity contribution in [1.29, 1.82) is 0 Å². The molecule has 0 bridgehead atoms. The fourth-order valence-electron chi connectivity index (χ4n) is 2.83. The Bertz CT molecular complexity index is 573. The zero-order valence-corrected chi connectivity index (χ0v) is 15.2. The number of piperidine rings is 1. The lowest BCUT2D eigenvalue weighted by Crippen LogP contribution is -2.33. The van der Waals surface area contributed by atoms with E-state index < -0.39 is 0 Å². The van der Waals surface area contributed by atoms with E-state index in [1.54, 1.807) is 33.5 Å². The van der Waals surface area contributed by atoms with Gasteiger partial charge < -0.3 is 19.1 Å². The van der Waals surface area contributed by atoms with Crippen LogP contribution in [0.4, 0.5) is 0 Å². The highest BCUT2D eigenvalue weighted by Crippen LogP contribution is 2.32. The minimum absolute atomic E-state index is 0.103. The average Bonchev–Trinajstić information content (AvgIpc) is 2.66. The smallest absolute Gasteiger partial charge is 0.241 e. The Kier molecular flexibility index (Phi) is 7.53. The summed E-state index contributed by atoms with van der Waals surface area (Å²) >= 11 is 0. The fraction of sp³-hybridized carbons (Fsp3) is 0.556. The molecule has 1 heterocycles. The van der Waals surface area contributed by atoms with E-state index in [0.29, 0.717) is 29.2 Å². The normalized spacial score (nSPS) is 15.2. The number of carbonyl (C=O) groups excluding carboxylic acids is 1. The van der Waals surface area contributed by atoms with Gasteiger partial charge in [-0.2, -0.15) is 5.10 Å². The van der Waals surface area contributed by atoms with E-state index >= 15 is 0 Å². The highest BCUT2D eigenvalue weighted by Gasteiger charge is 2.13. The topological polar surface area (TPSA) is 72.4 Å². The number of benzene rings is 1. The van der Waals surface area contributed by atoms with Crippen LogP contribution in [0.25, 0.3) is 0 Å². The molecule has 7 nitrogen and oxygen atoms in total. The maximum Gasteiger partial charge on any atom is 0.241 e. The number of nitrogens with zero attached hydrogens (tertiary/aromatic N) is 2. The Labute approximate surface area is 148 Å². The van der Waals surface area contributed by atoms with Crippen LogP contribution in [0.5, 0.6) is 17.2 Å². The second-order valence-electron chi connectivity index (χ2n) is 5.89. The molecule has 1 aliphatic heterocycles. The van der Waals surface area contributed by atoms with Crippen LogP contribution in [-0.4, -0.2) is 58.0 Å². The molecule has 0 saturated carbocycles. The minimum Gasteiger partial charge on any atom is -0.496 e. The van der Waals surface area contributed by atoms with Gasteiger partial charge in [-0.3, -0.25) is 4.79 Å². The van der Waals surface area contributed by atoms with Gasteiger partial charge in [0, 0.05) is 25.1 Å². The van der Waals surface area contributed by atoms with E-state index in [9.17, 15) is 4.79 Å². The SMILES string of the molecule is COc1cc(OC)c(/C=N/NC(=O)CCN2CCCCC2)c(OC)c1. The third-order valence-electron chi connectivity index (χ3n) is 4.24. The van der Waals surface area contributed by atoms with Crippen molar-refractivity contribution in [2.45, 2.75) is 25.7 Å². The predicted octanol–water partition coefficient (Wildman–Crippen LogP) is 2.04. The fourth-order valence-corrected chi connectivity index (χ4v) is 2.83. The Morgan fingerprint density at radius 1 is 1.12 bits per heavy atom. The van der Waals surface area contributed by atoms with Crippen molar-refractivity contribution in [1.82, 2.24) is 10.3 Å². The average molecular weight is 349 g/mol. The summed E-state index contributed by atoms with van der Waals surface area (Å²) in [5, 5.41) is 4.03. The lowest BCUT2D eigenvalue weighted by atomic mass is 10.1. The molecular formula is C18H27N3O4. The minimum atomic E-state index is -0.103. The largest absolute Gasteiger partial charge is 0.496 e. The molecule has 1 aromatic rings.